The number of carboxylic acids is 1. The van der Waals surface area contributed by atoms with Crippen molar-refractivity contribution in [3.63, 3.8) is 0 Å². The minimum absolute atomic E-state index is 0.00606. The Labute approximate surface area is 124 Å². The first-order valence-corrected chi connectivity index (χ1v) is 8.12. The van der Waals surface area contributed by atoms with Gasteiger partial charge in [0, 0.05) is 12.5 Å². The van der Waals surface area contributed by atoms with Crippen molar-refractivity contribution in [2.24, 2.45) is 5.92 Å². The highest BCUT2D eigenvalue weighted by molar-refractivity contribution is 7.16. The lowest BCUT2D eigenvalue weighted by Crippen LogP contribution is -2.17. The van der Waals surface area contributed by atoms with E-state index in [9.17, 15) is 9.90 Å². The summed E-state index contributed by atoms with van der Waals surface area (Å²) in [6.45, 7) is 0.750. The van der Waals surface area contributed by atoms with Crippen LogP contribution in [0.1, 0.15) is 55.0 Å². The predicted molar refractivity (Wildman–Crippen MR) is 74.3 cm³/mol. The average Bonchev–Trinajstić information content (AvgIpc) is 3.21. The standard InChI is InChI=1S/C13H16N4O3S/c18-12(19)8-4-1-3-7(8)11-16-17-10(9-5-2-6-20-9)14-15-13(17)21-11/h7-9H,1-6H2,(H,18,19). The summed E-state index contributed by atoms with van der Waals surface area (Å²) in [5.74, 6) is -0.288. The molecule has 112 valence electrons. The first kappa shape index (κ1) is 13.1. The SMILES string of the molecule is O=C(O)C1CCCC1c1nn2c(C3CCCO3)nnc2s1. The van der Waals surface area contributed by atoms with Crippen molar-refractivity contribution in [1.82, 2.24) is 19.8 Å². The van der Waals surface area contributed by atoms with Crippen LogP contribution in [-0.4, -0.2) is 37.5 Å². The van der Waals surface area contributed by atoms with Gasteiger partial charge in [-0.25, -0.2) is 0 Å². The van der Waals surface area contributed by atoms with Crippen LogP contribution < -0.4 is 0 Å². The van der Waals surface area contributed by atoms with E-state index in [2.05, 4.69) is 15.3 Å². The zero-order valence-corrected chi connectivity index (χ0v) is 12.3. The van der Waals surface area contributed by atoms with Gasteiger partial charge in [-0.2, -0.15) is 9.61 Å². The molecule has 0 spiro atoms. The fraction of sp³-hybridized carbons (Fsp3) is 0.692. The zero-order chi connectivity index (χ0) is 14.4. The predicted octanol–water partition coefficient (Wildman–Crippen LogP) is 2.01. The third-order valence-corrected chi connectivity index (χ3v) is 5.43. The number of aliphatic carboxylic acids is 1. The fourth-order valence-corrected chi connectivity index (χ4v) is 4.38. The van der Waals surface area contributed by atoms with E-state index in [0.717, 1.165) is 54.5 Å². The normalized spacial score (nSPS) is 29.4. The molecule has 0 amide bonds. The van der Waals surface area contributed by atoms with Crippen LogP contribution in [0.2, 0.25) is 0 Å². The highest BCUT2D eigenvalue weighted by Gasteiger charge is 2.37. The summed E-state index contributed by atoms with van der Waals surface area (Å²) in [6, 6.07) is 0. The molecule has 21 heavy (non-hydrogen) atoms. The van der Waals surface area contributed by atoms with Crippen molar-refractivity contribution in [2.45, 2.75) is 44.1 Å². The van der Waals surface area contributed by atoms with Gasteiger partial charge in [0.2, 0.25) is 4.96 Å². The van der Waals surface area contributed by atoms with Gasteiger partial charge < -0.3 is 9.84 Å². The van der Waals surface area contributed by atoms with Crippen molar-refractivity contribution in [3.05, 3.63) is 10.8 Å². The minimum atomic E-state index is -0.720. The molecule has 2 fully saturated rings. The van der Waals surface area contributed by atoms with Crippen LogP contribution in [0.5, 0.6) is 0 Å². The summed E-state index contributed by atoms with van der Waals surface area (Å²) in [4.78, 5) is 12.1. The molecule has 0 radical (unpaired) electrons. The topological polar surface area (TPSA) is 89.6 Å². The second-order valence-corrected chi connectivity index (χ2v) is 6.66. The summed E-state index contributed by atoms with van der Waals surface area (Å²) in [7, 11) is 0. The number of ether oxygens (including phenoxy) is 1. The van der Waals surface area contributed by atoms with E-state index < -0.39 is 5.97 Å². The second-order valence-electron chi connectivity index (χ2n) is 5.68. The Bertz CT molecular complexity index is 676. The van der Waals surface area contributed by atoms with E-state index in [1.54, 1.807) is 4.52 Å². The zero-order valence-electron chi connectivity index (χ0n) is 11.4. The molecule has 8 heteroatoms. The van der Waals surface area contributed by atoms with Crippen molar-refractivity contribution >= 4 is 22.3 Å². The van der Waals surface area contributed by atoms with Gasteiger partial charge in [0.25, 0.3) is 0 Å². The molecule has 3 atom stereocenters. The molecule has 0 bridgehead atoms. The summed E-state index contributed by atoms with van der Waals surface area (Å²) in [6.07, 6.45) is 4.50. The molecule has 3 heterocycles. The highest BCUT2D eigenvalue weighted by Crippen LogP contribution is 2.41. The van der Waals surface area contributed by atoms with Crippen molar-refractivity contribution in [2.75, 3.05) is 6.61 Å². The average molecular weight is 308 g/mol. The Morgan fingerprint density at radius 3 is 2.95 bits per heavy atom. The van der Waals surface area contributed by atoms with Gasteiger partial charge in [-0.1, -0.05) is 17.8 Å². The first-order chi connectivity index (χ1) is 10.2. The molecule has 1 saturated carbocycles. The maximum atomic E-state index is 11.3. The number of rotatable bonds is 3. The Kier molecular flexibility index (Phi) is 3.15. The number of hydrogen-bond acceptors (Lipinski definition) is 6. The molecule has 2 aliphatic rings. The van der Waals surface area contributed by atoms with Gasteiger partial charge in [-0.05, 0) is 25.7 Å². The van der Waals surface area contributed by atoms with Crippen LogP contribution in [0.3, 0.4) is 0 Å². The lowest BCUT2D eigenvalue weighted by molar-refractivity contribution is -0.142. The van der Waals surface area contributed by atoms with E-state index in [0.29, 0.717) is 0 Å². The highest BCUT2D eigenvalue weighted by atomic mass is 32.1. The van der Waals surface area contributed by atoms with Gasteiger partial charge in [0.15, 0.2) is 5.82 Å². The summed E-state index contributed by atoms with van der Waals surface area (Å²) in [5, 5.41) is 23.1. The molecule has 4 rings (SSSR count). The van der Waals surface area contributed by atoms with Gasteiger partial charge in [-0.3, -0.25) is 4.79 Å². The molecule has 1 N–H and O–H groups in total. The number of carboxylic acid groups (broad SMARTS) is 1. The van der Waals surface area contributed by atoms with Crippen molar-refractivity contribution in [1.29, 1.82) is 0 Å². The maximum Gasteiger partial charge on any atom is 0.307 e. The molecular formula is C13H16N4O3S. The Morgan fingerprint density at radius 2 is 2.19 bits per heavy atom. The lowest BCUT2D eigenvalue weighted by atomic mass is 9.97. The van der Waals surface area contributed by atoms with Crippen LogP contribution in [0.15, 0.2) is 0 Å². The van der Waals surface area contributed by atoms with Crippen molar-refractivity contribution in [3.8, 4) is 0 Å². The molecule has 1 aliphatic heterocycles. The molecule has 1 aliphatic carbocycles. The molecular weight excluding hydrogens is 292 g/mol. The summed E-state index contributed by atoms with van der Waals surface area (Å²) in [5.41, 5.74) is 0. The Morgan fingerprint density at radius 1 is 1.29 bits per heavy atom. The van der Waals surface area contributed by atoms with Crippen LogP contribution in [0.25, 0.3) is 4.96 Å². The van der Waals surface area contributed by atoms with Crippen LogP contribution in [0, 0.1) is 5.92 Å². The number of fused-ring (bicyclic) bond motifs is 1. The lowest BCUT2D eigenvalue weighted by Gasteiger charge is -2.11. The van der Waals surface area contributed by atoms with Gasteiger partial charge in [-0.15, -0.1) is 10.2 Å². The molecule has 3 unspecified atom stereocenters. The van der Waals surface area contributed by atoms with Crippen LogP contribution in [-0.2, 0) is 9.53 Å². The van der Waals surface area contributed by atoms with E-state index in [-0.39, 0.29) is 17.9 Å². The third kappa shape index (κ3) is 2.13. The number of aromatic nitrogens is 4. The van der Waals surface area contributed by atoms with Crippen LogP contribution >= 0.6 is 11.3 Å². The smallest absolute Gasteiger partial charge is 0.307 e. The third-order valence-electron chi connectivity index (χ3n) is 4.40. The molecule has 2 aromatic heterocycles. The van der Waals surface area contributed by atoms with E-state index >= 15 is 0 Å². The Hall–Kier alpha value is -1.54. The minimum Gasteiger partial charge on any atom is -0.481 e. The monoisotopic (exact) mass is 308 g/mol. The quantitative estimate of drug-likeness (QED) is 0.933. The van der Waals surface area contributed by atoms with Crippen molar-refractivity contribution < 1.29 is 14.6 Å². The fourth-order valence-electron chi connectivity index (χ4n) is 3.33. The van der Waals surface area contributed by atoms with E-state index in [4.69, 9.17) is 4.74 Å². The largest absolute Gasteiger partial charge is 0.481 e. The van der Waals surface area contributed by atoms with Crippen LogP contribution in [0.4, 0.5) is 0 Å². The van der Waals surface area contributed by atoms with Gasteiger partial charge >= 0.3 is 5.97 Å². The number of carbonyl (C=O) groups is 1. The first-order valence-electron chi connectivity index (χ1n) is 7.30. The maximum absolute atomic E-state index is 11.3. The summed E-state index contributed by atoms with van der Waals surface area (Å²) >= 11 is 1.45. The molecule has 7 nitrogen and oxygen atoms in total. The molecule has 1 saturated heterocycles. The molecule has 2 aromatic rings. The van der Waals surface area contributed by atoms with Gasteiger partial charge in [0.1, 0.15) is 11.1 Å². The number of nitrogens with zero attached hydrogens (tertiary/aromatic N) is 4. The number of hydrogen-bond donors (Lipinski definition) is 1. The second kappa shape index (κ2) is 5.03. The van der Waals surface area contributed by atoms with E-state index in [1.807, 2.05) is 0 Å². The van der Waals surface area contributed by atoms with Gasteiger partial charge in [0.05, 0.1) is 5.92 Å². The summed E-state index contributed by atoms with van der Waals surface area (Å²) < 4.78 is 7.39. The van der Waals surface area contributed by atoms with E-state index in [1.165, 1.54) is 11.3 Å². The Balaban J connectivity index is 1.69. The molecule has 0 aromatic carbocycles.